The van der Waals surface area contributed by atoms with E-state index in [9.17, 15) is 4.79 Å². The van der Waals surface area contributed by atoms with Crippen molar-refractivity contribution in [2.75, 3.05) is 6.54 Å². The fraction of sp³-hybridized carbons (Fsp3) is 0.778. The summed E-state index contributed by atoms with van der Waals surface area (Å²) in [6.07, 6.45) is 13.7. The van der Waals surface area contributed by atoms with Gasteiger partial charge in [-0.15, -0.1) is 0 Å². The molecule has 126 valence electrons. The molecule has 5 heteroatoms. The van der Waals surface area contributed by atoms with Gasteiger partial charge in [0.05, 0.1) is 6.20 Å². The van der Waals surface area contributed by atoms with Gasteiger partial charge in [-0.25, -0.2) is 4.79 Å². The maximum atomic E-state index is 12.9. The molecule has 3 aliphatic carbocycles. The van der Waals surface area contributed by atoms with Crippen molar-refractivity contribution >= 4 is 6.03 Å². The Bertz CT molecular complexity index is 545. The monoisotopic (exact) mass is 316 g/mol. The maximum Gasteiger partial charge on any atom is 0.317 e. The van der Waals surface area contributed by atoms with E-state index in [1.54, 1.807) is 0 Å². The first kappa shape index (κ1) is 15.0. The number of rotatable bonds is 4. The molecular formula is C18H28N4O. The minimum atomic E-state index is 0.181. The van der Waals surface area contributed by atoms with E-state index in [-0.39, 0.29) is 12.1 Å². The van der Waals surface area contributed by atoms with Gasteiger partial charge in [-0.2, -0.15) is 5.10 Å². The van der Waals surface area contributed by atoms with Crippen LogP contribution in [0, 0.1) is 5.92 Å². The second-order valence-corrected chi connectivity index (χ2v) is 7.65. The number of hydrogen-bond acceptors (Lipinski definition) is 2. The number of aromatic nitrogens is 2. The largest absolute Gasteiger partial charge is 0.335 e. The molecule has 1 aromatic rings. The van der Waals surface area contributed by atoms with Crippen molar-refractivity contribution in [2.45, 2.75) is 76.3 Å². The summed E-state index contributed by atoms with van der Waals surface area (Å²) in [5.74, 6) is 0.759. The number of fused-ring (bicyclic) bond motifs is 1. The van der Waals surface area contributed by atoms with Crippen LogP contribution in [0.4, 0.5) is 4.79 Å². The molecule has 1 aromatic heterocycles. The number of hydrogen-bond donors (Lipinski definition) is 2. The van der Waals surface area contributed by atoms with Crippen LogP contribution in [0.15, 0.2) is 6.20 Å². The Morgan fingerprint density at radius 1 is 1.22 bits per heavy atom. The number of carbonyl (C=O) groups is 1. The molecule has 3 aliphatic rings. The van der Waals surface area contributed by atoms with E-state index in [1.165, 1.54) is 56.2 Å². The first-order valence-corrected chi connectivity index (χ1v) is 9.38. The Kier molecular flexibility index (Phi) is 4.27. The predicted molar refractivity (Wildman–Crippen MR) is 89.2 cm³/mol. The molecule has 4 rings (SSSR count). The van der Waals surface area contributed by atoms with Crippen molar-refractivity contribution in [3.05, 3.63) is 17.5 Å². The third-order valence-corrected chi connectivity index (χ3v) is 5.77. The quantitative estimate of drug-likeness (QED) is 0.897. The van der Waals surface area contributed by atoms with Crippen molar-refractivity contribution in [1.82, 2.24) is 20.4 Å². The number of urea groups is 1. The van der Waals surface area contributed by atoms with Crippen LogP contribution < -0.4 is 5.32 Å². The van der Waals surface area contributed by atoms with Gasteiger partial charge in [0.1, 0.15) is 0 Å². The molecule has 0 aliphatic heterocycles. The normalized spacial score (nSPS) is 25.0. The van der Waals surface area contributed by atoms with Gasteiger partial charge in [-0.1, -0.05) is 19.3 Å². The van der Waals surface area contributed by atoms with Crippen molar-refractivity contribution in [3.63, 3.8) is 0 Å². The second-order valence-electron chi connectivity index (χ2n) is 7.65. The van der Waals surface area contributed by atoms with E-state index in [1.807, 2.05) is 6.20 Å². The Morgan fingerprint density at radius 3 is 2.83 bits per heavy atom. The van der Waals surface area contributed by atoms with Crippen LogP contribution in [0.3, 0.4) is 0 Å². The molecule has 0 bridgehead atoms. The summed E-state index contributed by atoms with van der Waals surface area (Å²) >= 11 is 0. The van der Waals surface area contributed by atoms with E-state index in [2.05, 4.69) is 20.4 Å². The van der Waals surface area contributed by atoms with E-state index in [0.717, 1.165) is 31.7 Å². The first-order chi connectivity index (χ1) is 11.3. The van der Waals surface area contributed by atoms with E-state index in [0.29, 0.717) is 6.04 Å². The molecular weight excluding hydrogens is 288 g/mol. The average molecular weight is 316 g/mol. The highest BCUT2D eigenvalue weighted by molar-refractivity contribution is 5.75. The molecule has 0 radical (unpaired) electrons. The number of aromatic amines is 1. The molecule has 23 heavy (non-hydrogen) atoms. The molecule has 2 amide bonds. The molecule has 5 nitrogen and oxygen atoms in total. The number of nitrogens with one attached hydrogen (secondary N) is 2. The van der Waals surface area contributed by atoms with Crippen molar-refractivity contribution in [3.8, 4) is 0 Å². The fourth-order valence-electron chi connectivity index (χ4n) is 4.17. The Labute approximate surface area is 138 Å². The summed E-state index contributed by atoms with van der Waals surface area (Å²) in [5.41, 5.74) is 2.52. The van der Waals surface area contributed by atoms with Gasteiger partial charge >= 0.3 is 6.03 Å². The van der Waals surface area contributed by atoms with Crippen LogP contribution in [0.25, 0.3) is 0 Å². The second kappa shape index (κ2) is 6.54. The number of nitrogens with zero attached hydrogens (tertiary/aromatic N) is 2. The highest BCUT2D eigenvalue weighted by Gasteiger charge is 2.33. The summed E-state index contributed by atoms with van der Waals surface area (Å²) in [7, 11) is 0. The maximum absolute atomic E-state index is 12.9. The zero-order valence-electron chi connectivity index (χ0n) is 13.9. The Morgan fingerprint density at radius 2 is 2.04 bits per heavy atom. The fourth-order valence-corrected chi connectivity index (χ4v) is 4.17. The molecule has 1 unspecified atom stereocenters. The van der Waals surface area contributed by atoms with E-state index >= 15 is 0 Å². The first-order valence-electron chi connectivity index (χ1n) is 9.38. The minimum absolute atomic E-state index is 0.181. The van der Waals surface area contributed by atoms with Crippen LogP contribution >= 0.6 is 0 Å². The van der Waals surface area contributed by atoms with Crippen LogP contribution in [-0.4, -0.2) is 39.8 Å². The standard InChI is InChI=1S/C18H28N4O/c23-18(20-15-8-9-17-14(10-15)11-19-21-17)22(12-13-6-7-13)16-4-2-1-3-5-16/h11,13,15-16H,1-10,12H2,(H,19,21)(H,20,23). The summed E-state index contributed by atoms with van der Waals surface area (Å²) in [4.78, 5) is 15.1. The molecule has 0 aromatic carbocycles. The van der Waals surface area contributed by atoms with Gasteiger partial charge in [-0.3, -0.25) is 5.10 Å². The summed E-state index contributed by atoms with van der Waals surface area (Å²) in [5, 5.41) is 10.5. The smallest absolute Gasteiger partial charge is 0.317 e. The third kappa shape index (κ3) is 3.54. The average Bonchev–Trinajstić information content (AvgIpc) is 3.28. The van der Waals surface area contributed by atoms with E-state index < -0.39 is 0 Å². The summed E-state index contributed by atoms with van der Waals surface area (Å²) in [6, 6.07) is 0.913. The van der Waals surface area contributed by atoms with Gasteiger partial charge in [0.15, 0.2) is 0 Å². The molecule has 1 heterocycles. The number of amides is 2. The van der Waals surface area contributed by atoms with Gasteiger partial charge in [0, 0.05) is 24.3 Å². The van der Waals surface area contributed by atoms with Gasteiger partial charge < -0.3 is 10.2 Å². The van der Waals surface area contributed by atoms with Crippen molar-refractivity contribution < 1.29 is 4.79 Å². The van der Waals surface area contributed by atoms with Crippen molar-refractivity contribution in [2.24, 2.45) is 5.92 Å². The predicted octanol–water partition coefficient (Wildman–Crippen LogP) is 3.02. The highest BCUT2D eigenvalue weighted by Crippen LogP contribution is 2.32. The zero-order chi connectivity index (χ0) is 15.6. The SMILES string of the molecule is O=C(NC1CCc2[nH]ncc2C1)N(CC1CC1)C1CCCCC1. The van der Waals surface area contributed by atoms with Gasteiger partial charge in [-0.05, 0) is 56.4 Å². The van der Waals surface area contributed by atoms with Gasteiger partial charge in [0.25, 0.3) is 0 Å². The third-order valence-electron chi connectivity index (χ3n) is 5.77. The lowest BCUT2D eigenvalue weighted by Gasteiger charge is -2.36. The van der Waals surface area contributed by atoms with Crippen LogP contribution in [0.5, 0.6) is 0 Å². The Balaban J connectivity index is 1.38. The highest BCUT2D eigenvalue weighted by atomic mass is 16.2. The molecule has 0 saturated heterocycles. The van der Waals surface area contributed by atoms with Crippen LogP contribution in [0.1, 0.15) is 62.6 Å². The Hall–Kier alpha value is -1.52. The minimum Gasteiger partial charge on any atom is -0.335 e. The van der Waals surface area contributed by atoms with Gasteiger partial charge in [0.2, 0.25) is 0 Å². The number of H-pyrrole nitrogens is 1. The lowest BCUT2D eigenvalue weighted by atomic mass is 9.93. The van der Waals surface area contributed by atoms with Crippen LogP contribution in [-0.2, 0) is 12.8 Å². The van der Waals surface area contributed by atoms with E-state index in [4.69, 9.17) is 0 Å². The molecule has 2 saturated carbocycles. The molecule has 1 atom stereocenters. The van der Waals surface area contributed by atoms with Crippen LogP contribution in [0.2, 0.25) is 0 Å². The lowest BCUT2D eigenvalue weighted by molar-refractivity contribution is 0.148. The number of aryl methyl sites for hydroxylation is 1. The molecule has 2 fully saturated rings. The number of carbonyl (C=O) groups excluding carboxylic acids is 1. The summed E-state index contributed by atoms with van der Waals surface area (Å²) in [6.45, 7) is 0.972. The lowest BCUT2D eigenvalue weighted by Crippen LogP contribution is -2.51. The molecule has 0 spiro atoms. The van der Waals surface area contributed by atoms with Crippen molar-refractivity contribution in [1.29, 1.82) is 0 Å². The zero-order valence-corrected chi connectivity index (χ0v) is 13.9. The molecule has 2 N–H and O–H groups in total. The topological polar surface area (TPSA) is 61.0 Å². The summed E-state index contributed by atoms with van der Waals surface area (Å²) < 4.78 is 0.